The van der Waals surface area contributed by atoms with Crippen molar-refractivity contribution in [2.45, 2.75) is 30.2 Å². The van der Waals surface area contributed by atoms with Crippen LogP contribution in [0.2, 0.25) is 0 Å². The lowest BCUT2D eigenvalue weighted by atomic mass is 9.77. The number of hydrogen-bond acceptors (Lipinski definition) is 6. The molecule has 0 fully saturated rings. The van der Waals surface area contributed by atoms with E-state index in [0.717, 1.165) is 40.3 Å². The molecule has 3 aromatic rings. The average Bonchev–Trinajstić information content (AvgIpc) is 3.38. The third kappa shape index (κ3) is 4.26. The van der Waals surface area contributed by atoms with Crippen LogP contribution in [0.5, 0.6) is 17.2 Å². The number of sulfonamides is 1. The van der Waals surface area contributed by atoms with Crippen molar-refractivity contribution < 1.29 is 22.6 Å². The van der Waals surface area contributed by atoms with Gasteiger partial charge < -0.3 is 19.5 Å². The van der Waals surface area contributed by atoms with Crippen molar-refractivity contribution in [3.8, 4) is 17.2 Å². The van der Waals surface area contributed by atoms with Crippen LogP contribution in [-0.2, 0) is 10.0 Å². The summed E-state index contributed by atoms with van der Waals surface area (Å²) >= 11 is 0. The number of hydrogen-bond donors (Lipinski definition) is 2. The zero-order valence-electron chi connectivity index (χ0n) is 20.7. The largest absolute Gasteiger partial charge is 0.497 e. The maximum Gasteiger partial charge on any atom is 0.262 e. The Morgan fingerprint density at radius 1 is 0.889 bits per heavy atom. The molecule has 5 rings (SSSR count). The third-order valence-corrected chi connectivity index (χ3v) is 8.38. The normalized spacial score (nSPS) is 20.2. The molecule has 1 aliphatic carbocycles. The third-order valence-electron chi connectivity index (χ3n) is 7.02. The molecule has 1 heterocycles. The zero-order valence-corrected chi connectivity index (χ0v) is 21.6. The quantitative estimate of drug-likeness (QED) is 0.403. The van der Waals surface area contributed by atoms with Gasteiger partial charge in [0.2, 0.25) is 0 Å². The molecule has 0 bridgehead atoms. The number of methoxy groups -OCH3 is 3. The van der Waals surface area contributed by atoms with Crippen molar-refractivity contribution >= 4 is 21.4 Å². The van der Waals surface area contributed by atoms with Crippen LogP contribution < -0.4 is 24.2 Å². The molecule has 0 saturated heterocycles. The Hall–Kier alpha value is -3.65. The van der Waals surface area contributed by atoms with E-state index in [2.05, 4.69) is 22.2 Å². The summed E-state index contributed by atoms with van der Waals surface area (Å²) in [5.74, 6) is 2.31. The van der Waals surface area contributed by atoms with Crippen molar-refractivity contribution in [3.05, 3.63) is 83.4 Å². The fourth-order valence-electron chi connectivity index (χ4n) is 5.24. The van der Waals surface area contributed by atoms with Gasteiger partial charge in [0.15, 0.2) is 0 Å². The van der Waals surface area contributed by atoms with E-state index in [9.17, 15) is 8.42 Å². The van der Waals surface area contributed by atoms with E-state index in [0.29, 0.717) is 11.4 Å². The number of aryl methyl sites for hydroxylation is 1. The summed E-state index contributed by atoms with van der Waals surface area (Å²) in [6, 6.07) is 16.5. The topological polar surface area (TPSA) is 85.9 Å². The first-order valence-electron chi connectivity index (χ1n) is 11.8. The standard InChI is InChI=1S/C28H30N2O5S/c1-17-8-12-27(35-4)25(14-17)30-36(31,32)19-10-11-24-22(16-19)20-6-5-7-21(20)28(29-24)23-15-18(33-2)9-13-26(23)34-3/h5-6,8-16,20-21,28-30H,7H2,1-4H3/t20-,21+,28-/m0/s1. The lowest BCUT2D eigenvalue weighted by molar-refractivity contribution is 0.374. The second-order valence-electron chi connectivity index (χ2n) is 9.14. The SMILES string of the molecule is COc1ccc(OC)c([C@H]2Nc3ccc(S(=O)(=O)Nc4cc(C)ccc4OC)cc3[C@H]3C=CC[C@H]32)c1. The Morgan fingerprint density at radius 2 is 1.67 bits per heavy atom. The summed E-state index contributed by atoms with van der Waals surface area (Å²) in [4.78, 5) is 0.211. The molecule has 7 nitrogen and oxygen atoms in total. The van der Waals surface area contributed by atoms with Crippen molar-refractivity contribution in [3.63, 3.8) is 0 Å². The maximum absolute atomic E-state index is 13.4. The van der Waals surface area contributed by atoms with Gasteiger partial charge in [0.05, 0.1) is 38.0 Å². The molecule has 0 aromatic heterocycles. The molecule has 188 valence electrons. The summed E-state index contributed by atoms with van der Waals surface area (Å²) in [5.41, 5.74) is 4.24. The summed E-state index contributed by atoms with van der Waals surface area (Å²) in [5, 5.41) is 3.65. The minimum absolute atomic E-state index is 0.0142. The van der Waals surface area contributed by atoms with Gasteiger partial charge in [0.1, 0.15) is 17.2 Å². The summed E-state index contributed by atoms with van der Waals surface area (Å²) in [6.07, 6.45) is 5.22. The predicted molar refractivity (Wildman–Crippen MR) is 141 cm³/mol. The lowest BCUT2D eigenvalue weighted by Gasteiger charge is -2.38. The highest BCUT2D eigenvalue weighted by Gasteiger charge is 2.39. The van der Waals surface area contributed by atoms with Crippen LogP contribution in [-0.4, -0.2) is 29.7 Å². The molecule has 0 amide bonds. The minimum Gasteiger partial charge on any atom is -0.497 e. The number of fused-ring (bicyclic) bond motifs is 3. The van der Waals surface area contributed by atoms with Crippen LogP contribution in [0.4, 0.5) is 11.4 Å². The smallest absolute Gasteiger partial charge is 0.262 e. The molecule has 36 heavy (non-hydrogen) atoms. The van der Waals surface area contributed by atoms with Gasteiger partial charge in [-0.05, 0) is 78.9 Å². The van der Waals surface area contributed by atoms with Crippen LogP contribution in [0.1, 0.15) is 35.1 Å². The zero-order chi connectivity index (χ0) is 25.4. The van der Waals surface area contributed by atoms with E-state index >= 15 is 0 Å². The first-order chi connectivity index (χ1) is 17.3. The summed E-state index contributed by atoms with van der Waals surface area (Å²) in [6.45, 7) is 1.90. The Kier molecular flexibility index (Phi) is 6.30. The predicted octanol–water partition coefficient (Wildman–Crippen LogP) is 5.65. The lowest BCUT2D eigenvalue weighted by Crippen LogP contribution is -2.29. The fraction of sp³-hybridized carbons (Fsp3) is 0.286. The Labute approximate surface area is 212 Å². The molecule has 2 N–H and O–H groups in total. The van der Waals surface area contributed by atoms with Crippen molar-refractivity contribution in [1.29, 1.82) is 0 Å². The summed E-state index contributed by atoms with van der Waals surface area (Å²) < 4.78 is 45.9. The highest BCUT2D eigenvalue weighted by molar-refractivity contribution is 7.92. The van der Waals surface area contributed by atoms with Crippen molar-refractivity contribution in [1.82, 2.24) is 0 Å². The van der Waals surface area contributed by atoms with E-state index in [1.807, 2.05) is 37.3 Å². The van der Waals surface area contributed by atoms with Crippen LogP contribution in [0.3, 0.4) is 0 Å². The molecule has 0 radical (unpaired) electrons. The Balaban J connectivity index is 1.51. The minimum atomic E-state index is -3.83. The van der Waals surface area contributed by atoms with Gasteiger partial charge in [0, 0.05) is 17.2 Å². The van der Waals surface area contributed by atoms with E-state index in [-0.39, 0.29) is 22.8 Å². The molecule has 0 unspecified atom stereocenters. The second kappa shape index (κ2) is 9.43. The van der Waals surface area contributed by atoms with Gasteiger partial charge in [-0.25, -0.2) is 8.42 Å². The molecule has 2 aliphatic rings. The van der Waals surface area contributed by atoms with Crippen LogP contribution >= 0.6 is 0 Å². The number of anilines is 2. The average molecular weight is 507 g/mol. The number of allylic oxidation sites excluding steroid dienone is 2. The monoisotopic (exact) mass is 506 g/mol. The fourth-order valence-corrected chi connectivity index (χ4v) is 6.33. The number of rotatable bonds is 7. The Morgan fingerprint density at radius 3 is 2.42 bits per heavy atom. The van der Waals surface area contributed by atoms with Crippen molar-refractivity contribution in [2.24, 2.45) is 5.92 Å². The van der Waals surface area contributed by atoms with Crippen molar-refractivity contribution in [2.75, 3.05) is 31.4 Å². The van der Waals surface area contributed by atoms with Crippen LogP contribution in [0.15, 0.2) is 71.6 Å². The number of benzene rings is 3. The molecule has 3 aromatic carbocycles. The highest BCUT2D eigenvalue weighted by Crippen LogP contribution is 2.52. The van der Waals surface area contributed by atoms with E-state index in [1.54, 1.807) is 38.5 Å². The van der Waals surface area contributed by atoms with E-state index < -0.39 is 10.0 Å². The number of ether oxygens (including phenoxy) is 3. The van der Waals surface area contributed by atoms with Crippen LogP contribution in [0.25, 0.3) is 0 Å². The first kappa shape index (κ1) is 24.1. The van der Waals surface area contributed by atoms with Gasteiger partial charge in [0.25, 0.3) is 10.0 Å². The van der Waals surface area contributed by atoms with Crippen LogP contribution in [0, 0.1) is 12.8 Å². The summed E-state index contributed by atoms with van der Waals surface area (Å²) in [7, 11) is 1.01. The molecule has 8 heteroatoms. The van der Waals surface area contributed by atoms with Gasteiger partial charge in [-0.3, -0.25) is 4.72 Å². The van der Waals surface area contributed by atoms with Gasteiger partial charge in [-0.1, -0.05) is 18.2 Å². The number of nitrogens with one attached hydrogen (secondary N) is 2. The van der Waals surface area contributed by atoms with Gasteiger partial charge >= 0.3 is 0 Å². The molecular weight excluding hydrogens is 476 g/mol. The molecule has 1 aliphatic heterocycles. The van der Waals surface area contributed by atoms with Gasteiger partial charge in [-0.15, -0.1) is 0 Å². The van der Waals surface area contributed by atoms with E-state index in [1.165, 1.54) is 7.11 Å². The maximum atomic E-state index is 13.4. The first-order valence-corrected chi connectivity index (χ1v) is 13.3. The molecular formula is C28H30N2O5S. The Bertz CT molecular complexity index is 1430. The molecule has 0 saturated carbocycles. The molecule has 0 spiro atoms. The van der Waals surface area contributed by atoms with E-state index in [4.69, 9.17) is 14.2 Å². The highest BCUT2D eigenvalue weighted by atomic mass is 32.2. The van der Waals surface area contributed by atoms with Gasteiger partial charge in [-0.2, -0.15) is 0 Å². The second-order valence-corrected chi connectivity index (χ2v) is 10.8. The molecule has 3 atom stereocenters.